The summed E-state index contributed by atoms with van der Waals surface area (Å²) in [4.78, 5) is 28.2. The monoisotopic (exact) mass is 498 g/mol. The van der Waals surface area contributed by atoms with Crippen molar-refractivity contribution in [1.29, 1.82) is 0 Å². The number of likely N-dealkylation sites (tertiary alicyclic amines) is 1. The minimum Gasteiger partial charge on any atom is -0.339 e. The van der Waals surface area contributed by atoms with Crippen LogP contribution in [-0.4, -0.2) is 29.8 Å². The van der Waals surface area contributed by atoms with Crippen molar-refractivity contribution in [2.75, 3.05) is 18.4 Å². The predicted molar refractivity (Wildman–Crippen MR) is 125 cm³/mol. The number of rotatable bonds is 3. The van der Waals surface area contributed by atoms with Gasteiger partial charge in [-0.2, -0.15) is 0 Å². The molecule has 0 aromatic heterocycles. The number of nitrogens with zero attached hydrogens (tertiary/aromatic N) is 1. The molecule has 1 aliphatic rings. The molecule has 0 unspecified atom stereocenters. The average molecular weight is 498 g/mol. The third kappa shape index (κ3) is 4.29. The summed E-state index contributed by atoms with van der Waals surface area (Å²) < 4.78 is 0.972. The first kappa shape index (κ1) is 19.9. The van der Waals surface area contributed by atoms with Crippen molar-refractivity contribution in [3.8, 4) is 0 Å². The molecule has 0 saturated carbocycles. The van der Waals surface area contributed by atoms with Gasteiger partial charge in [-0.1, -0.05) is 43.3 Å². The first-order valence-corrected chi connectivity index (χ1v) is 11.0. The number of nitrogens with one attached hydrogen (secondary N) is 1. The molecule has 1 heterocycles. The van der Waals surface area contributed by atoms with Crippen LogP contribution < -0.4 is 5.32 Å². The highest BCUT2D eigenvalue weighted by molar-refractivity contribution is 14.1. The fourth-order valence-electron chi connectivity index (χ4n) is 3.80. The first-order valence-electron chi connectivity index (χ1n) is 9.91. The number of carbonyl (C=O) groups is 2. The van der Waals surface area contributed by atoms with Crippen molar-refractivity contribution in [2.45, 2.75) is 19.8 Å². The number of hydrogen-bond donors (Lipinski definition) is 1. The Bertz CT molecular complexity index is 1070. The molecule has 0 atom stereocenters. The van der Waals surface area contributed by atoms with Crippen molar-refractivity contribution in [3.05, 3.63) is 75.4 Å². The zero-order chi connectivity index (χ0) is 20.4. The van der Waals surface area contributed by atoms with Crippen LogP contribution in [0.25, 0.3) is 10.8 Å². The van der Waals surface area contributed by atoms with Crippen molar-refractivity contribution in [1.82, 2.24) is 4.90 Å². The van der Waals surface area contributed by atoms with Gasteiger partial charge in [0.15, 0.2) is 0 Å². The lowest BCUT2D eigenvalue weighted by Gasteiger charge is -2.31. The number of amides is 2. The standard InChI is InChI=1S/C24H23IN2O2/c1-16-11-13-27(14-12-16)24(29)21-15-18(25)9-10-22(21)26-23(28)20-8-4-6-17-5-2-3-7-19(17)20/h2-10,15-16H,11-14H2,1H3,(H,26,28). The Kier molecular flexibility index (Phi) is 5.85. The molecule has 3 aromatic rings. The van der Waals surface area contributed by atoms with E-state index >= 15 is 0 Å². The van der Waals surface area contributed by atoms with E-state index in [0.717, 1.165) is 40.3 Å². The van der Waals surface area contributed by atoms with Crippen molar-refractivity contribution in [3.63, 3.8) is 0 Å². The molecule has 0 bridgehead atoms. The molecule has 1 saturated heterocycles. The van der Waals surface area contributed by atoms with Gasteiger partial charge in [0, 0.05) is 22.2 Å². The maximum atomic E-state index is 13.2. The quantitative estimate of drug-likeness (QED) is 0.481. The molecule has 3 aromatic carbocycles. The highest BCUT2D eigenvalue weighted by atomic mass is 127. The SMILES string of the molecule is CC1CCN(C(=O)c2cc(I)ccc2NC(=O)c2cccc3ccccc23)CC1. The highest BCUT2D eigenvalue weighted by Gasteiger charge is 2.24. The Morgan fingerprint density at radius 3 is 2.48 bits per heavy atom. The van der Waals surface area contributed by atoms with Gasteiger partial charge in [-0.05, 0) is 76.4 Å². The number of fused-ring (bicyclic) bond motifs is 1. The van der Waals surface area contributed by atoms with Gasteiger partial charge in [0.2, 0.25) is 0 Å². The average Bonchev–Trinajstić information content (AvgIpc) is 2.74. The second kappa shape index (κ2) is 8.53. The molecule has 2 amide bonds. The zero-order valence-corrected chi connectivity index (χ0v) is 18.5. The second-order valence-electron chi connectivity index (χ2n) is 7.65. The Morgan fingerprint density at radius 1 is 0.966 bits per heavy atom. The lowest BCUT2D eigenvalue weighted by Crippen LogP contribution is -2.38. The molecular formula is C24H23IN2O2. The molecule has 4 rings (SSSR count). The maximum absolute atomic E-state index is 13.2. The summed E-state index contributed by atoms with van der Waals surface area (Å²) in [5.74, 6) is 0.438. The summed E-state index contributed by atoms with van der Waals surface area (Å²) in [6.45, 7) is 3.76. The van der Waals surface area contributed by atoms with Gasteiger partial charge in [-0.15, -0.1) is 0 Å². The lowest BCUT2D eigenvalue weighted by molar-refractivity contribution is 0.0698. The lowest BCUT2D eigenvalue weighted by atomic mass is 9.98. The fraction of sp³-hybridized carbons (Fsp3) is 0.250. The van der Waals surface area contributed by atoms with Gasteiger partial charge < -0.3 is 10.2 Å². The third-order valence-corrected chi connectivity index (χ3v) is 6.24. The topological polar surface area (TPSA) is 49.4 Å². The molecule has 148 valence electrons. The van der Waals surface area contributed by atoms with Gasteiger partial charge in [0.05, 0.1) is 11.3 Å². The number of carbonyl (C=O) groups excluding carboxylic acids is 2. The highest BCUT2D eigenvalue weighted by Crippen LogP contribution is 2.26. The predicted octanol–water partition coefficient (Wildman–Crippen LogP) is 5.57. The number of benzene rings is 3. The Morgan fingerprint density at radius 2 is 1.69 bits per heavy atom. The van der Waals surface area contributed by atoms with E-state index < -0.39 is 0 Å². The van der Waals surface area contributed by atoms with Crippen LogP contribution >= 0.6 is 22.6 Å². The van der Waals surface area contributed by atoms with Crippen LogP contribution in [0.4, 0.5) is 5.69 Å². The van der Waals surface area contributed by atoms with Gasteiger partial charge in [-0.3, -0.25) is 9.59 Å². The summed E-state index contributed by atoms with van der Waals surface area (Å²) >= 11 is 2.20. The molecule has 1 N–H and O–H groups in total. The van der Waals surface area contributed by atoms with Crippen LogP contribution in [0.3, 0.4) is 0 Å². The number of piperidine rings is 1. The molecule has 1 fully saturated rings. The smallest absolute Gasteiger partial charge is 0.256 e. The minimum absolute atomic E-state index is 0.0105. The number of halogens is 1. The second-order valence-corrected chi connectivity index (χ2v) is 8.89. The van der Waals surface area contributed by atoms with Gasteiger partial charge in [0.25, 0.3) is 11.8 Å². The number of hydrogen-bond acceptors (Lipinski definition) is 2. The molecule has 0 spiro atoms. The largest absolute Gasteiger partial charge is 0.339 e. The van der Waals surface area contributed by atoms with E-state index in [1.165, 1.54) is 0 Å². The fourth-order valence-corrected chi connectivity index (χ4v) is 4.29. The van der Waals surface area contributed by atoms with E-state index in [9.17, 15) is 9.59 Å². The summed E-state index contributed by atoms with van der Waals surface area (Å²) in [6.07, 6.45) is 2.04. The zero-order valence-electron chi connectivity index (χ0n) is 16.3. The summed E-state index contributed by atoms with van der Waals surface area (Å²) in [6, 6.07) is 19.1. The van der Waals surface area contributed by atoms with Crippen LogP contribution in [0.5, 0.6) is 0 Å². The van der Waals surface area contributed by atoms with Crippen LogP contribution in [0, 0.1) is 9.49 Å². The third-order valence-electron chi connectivity index (χ3n) is 5.57. The maximum Gasteiger partial charge on any atom is 0.256 e. The molecule has 0 aliphatic carbocycles. The molecule has 0 radical (unpaired) electrons. The van der Waals surface area contributed by atoms with Crippen molar-refractivity contribution in [2.24, 2.45) is 5.92 Å². The molecule has 1 aliphatic heterocycles. The first-order chi connectivity index (χ1) is 14.0. The van der Waals surface area contributed by atoms with Crippen LogP contribution in [0.1, 0.15) is 40.5 Å². The van der Waals surface area contributed by atoms with Crippen LogP contribution in [0.2, 0.25) is 0 Å². The van der Waals surface area contributed by atoms with E-state index in [4.69, 9.17) is 0 Å². The Balaban J connectivity index is 1.63. The summed E-state index contributed by atoms with van der Waals surface area (Å²) in [7, 11) is 0. The Hall–Kier alpha value is -2.41. The van der Waals surface area contributed by atoms with Crippen molar-refractivity contribution >= 4 is 50.9 Å². The van der Waals surface area contributed by atoms with Crippen LogP contribution in [0.15, 0.2) is 60.7 Å². The minimum atomic E-state index is -0.204. The molecular weight excluding hydrogens is 475 g/mol. The molecule has 5 heteroatoms. The Labute approximate surface area is 184 Å². The van der Waals surface area contributed by atoms with Crippen LogP contribution in [-0.2, 0) is 0 Å². The molecule has 29 heavy (non-hydrogen) atoms. The number of anilines is 1. The normalized spacial score (nSPS) is 14.8. The van der Waals surface area contributed by atoms with Gasteiger partial charge in [0.1, 0.15) is 0 Å². The van der Waals surface area contributed by atoms with E-state index in [-0.39, 0.29) is 11.8 Å². The summed E-state index contributed by atoms with van der Waals surface area (Å²) in [5, 5.41) is 4.90. The van der Waals surface area contributed by atoms with E-state index in [1.54, 1.807) is 0 Å². The van der Waals surface area contributed by atoms with E-state index in [1.807, 2.05) is 65.6 Å². The van der Waals surface area contributed by atoms with Gasteiger partial charge in [-0.25, -0.2) is 0 Å². The van der Waals surface area contributed by atoms with Crippen molar-refractivity contribution < 1.29 is 9.59 Å². The van der Waals surface area contributed by atoms with E-state index in [0.29, 0.717) is 22.7 Å². The molecule has 4 nitrogen and oxygen atoms in total. The van der Waals surface area contributed by atoms with Gasteiger partial charge >= 0.3 is 0 Å². The van der Waals surface area contributed by atoms with E-state index in [2.05, 4.69) is 34.8 Å². The summed E-state index contributed by atoms with van der Waals surface area (Å²) in [5.41, 5.74) is 1.72.